The molecule has 196 valence electrons. The molecule has 12 heteroatoms. The number of carbonyl (C=O) groups is 2. The van der Waals surface area contributed by atoms with Gasteiger partial charge in [-0.2, -0.15) is 0 Å². The maximum atomic E-state index is 13.3. The van der Waals surface area contributed by atoms with Crippen molar-refractivity contribution in [3.63, 3.8) is 0 Å². The van der Waals surface area contributed by atoms with E-state index in [1.807, 2.05) is 4.90 Å². The van der Waals surface area contributed by atoms with Crippen LogP contribution in [0.25, 0.3) is 0 Å². The van der Waals surface area contributed by atoms with Crippen LogP contribution < -0.4 is 42.5 Å². The molecule has 3 rings (SSSR count). The Morgan fingerprint density at radius 1 is 0.735 bits per heavy atom. The second kappa shape index (κ2) is 15.6. The molecule has 0 spiro atoms. The van der Waals surface area contributed by atoms with Gasteiger partial charge in [0.05, 0.1) is 11.8 Å². The number of hydrogen-bond acceptors (Lipinski definition) is 10. The van der Waals surface area contributed by atoms with E-state index >= 15 is 0 Å². The monoisotopic (exact) mass is 483 g/mol. The molecule has 34 heavy (non-hydrogen) atoms. The van der Waals surface area contributed by atoms with Gasteiger partial charge in [-0.25, -0.2) is 0 Å². The predicted octanol–water partition coefficient (Wildman–Crippen LogP) is -4.73. The van der Waals surface area contributed by atoms with Crippen LogP contribution in [-0.2, 0) is 9.59 Å². The molecule has 1 unspecified atom stereocenters. The van der Waals surface area contributed by atoms with Crippen molar-refractivity contribution in [2.24, 2.45) is 17.8 Å². The van der Waals surface area contributed by atoms with E-state index < -0.39 is 6.23 Å². The Morgan fingerprint density at radius 3 is 1.76 bits per heavy atom. The first-order valence-corrected chi connectivity index (χ1v) is 12.9. The van der Waals surface area contributed by atoms with Gasteiger partial charge >= 0.3 is 0 Å². The van der Waals surface area contributed by atoms with Gasteiger partial charge in [0.15, 0.2) is 0 Å². The summed E-state index contributed by atoms with van der Waals surface area (Å²) in [7, 11) is 0. The maximum Gasteiger partial charge on any atom is 0.228 e. The lowest BCUT2D eigenvalue weighted by atomic mass is 10.1. The van der Waals surface area contributed by atoms with Crippen molar-refractivity contribution in [3.05, 3.63) is 0 Å². The van der Waals surface area contributed by atoms with Crippen LogP contribution in [0.2, 0.25) is 0 Å². The molecule has 0 saturated carbocycles. The van der Waals surface area contributed by atoms with Crippen LogP contribution in [0, 0.1) is 17.8 Å². The minimum absolute atomic E-state index is 0.00834. The smallest absolute Gasteiger partial charge is 0.228 e. The number of amides is 2. The molecule has 0 radical (unpaired) electrons. The topological polar surface area (TPSA) is 154 Å². The minimum Gasteiger partial charge on any atom is -0.378 e. The molecule has 3 heterocycles. The van der Waals surface area contributed by atoms with Gasteiger partial charge in [0.2, 0.25) is 11.8 Å². The molecule has 3 aliphatic heterocycles. The van der Waals surface area contributed by atoms with Gasteiger partial charge in [-0.15, -0.1) is 0 Å². The van der Waals surface area contributed by atoms with Gasteiger partial charge in [-0.3, -0.25) is 14.9 Å². The highest BCUT2D eigenvalue weighted by atomic mass is 16.3. The molecule has 0 bridgehead atoms. The molecule has 0 aromatic heterocycles. The third-order valence-electron chi connectivity index (χ3n) is 6.71. The standard InChI is InChI=1S/C22H45N9O3/c32-20(17-11-23-1-2-24-12-17)29-7-9-31(22(34)19-15-27-5-6-28-16-19)10-8-30-21(33)18-13-25-3-4-26-14-18/h17-20,23-29,32H,1-16H2,(H,30,33). The lowest BCUT2D eigenvalue weighted by Gasteiger charge is -2.29. The molecule has 3 aliphatic rings. The van der Waals surface area contributed by atoms with Crippen molar-refractivity contribution in [1.82, 2.24) is 47.4 Å². The van der Waals surface area contributed by atoms with E-state index in [-0.39, 0.29) is 29.6 Å². The van der Waals surface area contributed by atoms with E-state index in [0.717, 1.165) is 52.4 Å². The minimum atomic E-state index is -0.647. The molecule has 3 saturated heterocycles. The molecule has 9 N–H and O–H groups in total. The quantitative estimate of drug-likeness (QED) is 0.138. The second-order valence-corrected chi connectivity index (χ2v) is 9.39. The molecule has 0 aromatic carbocycles. The zero-order chi connectivity index (χ0) is 24.0. The number of hydrogen-bond donors (Lipinski definition) is 9. The number of aliphatic hydroxyl groups excluding tert-OH is 1. The first-order chi connectivity index (χ1) is 16.6. The number of rotatable bonds is 10. The van der Waals surface area contributed by atoms with Crippen molar-refractivity contribution in [2.45, 2.75) is 6.23 Å². The number of nitrogens with one attached hydrogen (secondary N) is 8. The summed E-state index contributed by atoms with van der Waals surface area (Å²) < 4.78 is 0. The van der Waals surface area contributed by atoms with Crippen molar-refractivity contribution in [2.75, 3.05) is 105 Å². The number of aliphatic hydroxyl groups is 1. The van der Waals surface area contributed by atoms with Crippen molar-refractivity contribution in [1.29, 1.82) is 0 Å². The summed E-state index contributed by atoms with van der Waals surface area (Å²) in [6.07, 6.45) is -0.647. The summed E-state index contributed by atoms with van der Waals surface area (Å²) >= 11 is 0. The van der Waals surface area contributed by atoms with Crippen molar-refractivity contribution < 1.29 is 14.7 Å². The first-order valence-electron chi connectivity index (χ1n) is 12.9. The average molecular weight is 484 g/mol. The van der Waals surface area contributed by atoms with E-state index in [1.165, 1.54) is 0 Å². The van der Waals surface area contributed by atoms with Gasteiger partial charge in [-0.1, -0.05) is 0 Å². The lowest BCUT2D eigenvalue weighted by Crippen LogP contribution is -2.50. The van der Waals surface area contributed by atoms with Crippen LogP contribution >= 0.6 is 0 Å². The fourth-order valence-electron chi connectivity index (χ4n) is 4.57. The summed E-state index contributed by atoms with van der Waals surface area (Å²) in [5.41, 5.74) is 0. The highest BCUT2D eigenvalue weighted by Gasteiger charge is 2.26. The molecule has 0 aliphatic carbocycles. The number of carbonyl (C=O) groups excluding carboxylic acids is 2. The van der Waals surface area contributed by atoms with Crippen molar-refractivity contribution >= 4 is 11.8 Å². The summed E-state index contributed by atoms with van der Waals surface area (Å²) in [6.45, 7) is 11.1. The molecule has 3 fully saturated rings. The molecule has 2 amide bonds. The van der Waals surface area contributed by atoms with E-state index in [9.17, 15) is 14.7 Å². The molecule has 0 aromatic rings. The fraction of sp³-hybridized carbons (Fsp3) is 0.909. The van der Waals surface area contributed by atoms with Gasteiger partial charge < -0.3 is 47.2 Å². The Morgan fingerprint density at radius 2 is 1.21 bits per heavy atom. The van der Waals surface area contributed by atoms with E-state index in [2.05, 4.69) is 42.5 Å². The van der Waals surface area contributed by atoms with E-state index in [4.69, 9.17) is 0 Å². The largest absolute Gasteiger partial charge is 0.378 e. The summed E-state index contributed by atoms with van der Waals surface area (Å²) in [4.78, 5) is 27.7. The van der Waals surface area contributed by atoms with Crippen LogP contribution in [0.5, 0.6) is 0 Å². The molecular formula is C22H45N9O3. The van der Waals surface area contributed by atoms with Crippen molar-refractivity contribution in [3.8, 4) is 0 Å². The molecule has 12 nitrogen and oxygen atoms in total. The summed E-state index contributed by atoms with van der Waals surface area (Å²) in [5, 5.41) is 36.6. The van der Waals surface area contributed by atoms with Crippen LogP contribution in [-0.4, -0.2) is 133 Å². The van der Waals surface area contributed by atoms with Gasteiger partial charge in [0, 0.05) is 111 Å². The SMILES string of the molecule is O=C(NCCN(CCNC(O)C1CNCCNC1)C(=O)C1CNCCNC1)C1CNCCNC1. The Bertz CT molecular complexity index is 588. The van der Waals surface area contributed by atoms with Gasteiger partial charge in [-0.05, 0) is 0 Å². The zero-order valence-corrected chi connectivity index (χ0v) is 20.3. The Hall–Kier alpha value is -1.38. The first kappa shape index (κ1) is 27.2. The highest BCUT2D eigenvalue weighted by Crippen LogP contribution is 2.05. The molecule has 1 atom stereocenters. The normalized spacial score (nSPS) is 22.9. The Kier molecular flexibility index (Phi) is 12.5. The Labute approximate surface area is 203 Å². The van der Waals surface area contributed by atoms with Crippen LogP contribution in [0.3, 0.4) is 0 Å². The van der Waals surface area contributed by atoms with Crippen LogP contribution in [0.1, 0.15) is 0 Å². The average Bonchev–Trinajstić information content (AvgIpc) is 3.39. The maximum absolute atomic E-state index is 13.3. The highest BCUT2D eigenvalue weighted by molar-refractivity contribution is 5.80. The Balaban J connectivity index is 1.48. The second-order valence-electron chi connectivity index (χ2n) is 9.39. The van der Waals surface area contributed by atoms with Crippen LogP contribution in [0.4, 0.5) is 0 Å². The lowest BCUT2D eigenvalue weighted by molar-refractivity contribution is -0.135. The third-order valence-corrected chi connectivity index (χ3v) is 6.71. The van der Waals surface area contributed by atoms with E-state index in [0.29, 0.717) is 52.4 Å². The van der Waals surface area contributed by atoms with Gasteiger partial charge in [0.1, 0.15) is 6.23 Å². The molecular weight excluding hydrogens is 438 g/mol. The fourth-order valence-corrected chi connectivity index (χ4v) is 4.57. The third kappa shape index (κ3) is 9.34. The summed E-state index contributed by atoms with van der Waals surface area (Å²) in [5.74, 6) is -0.103. The van der Waals surface area contributed by atoms with Crippen LogP contribution in [0.15, 0.2) is 0 Å². The van der Waals surface area contributed by atoms with Gasteiger partial charge in [0.25, 0.3) is 0 Å². The predicted molar refractivity (Wildman–Crippen MR) is 131 cm³/mol. The zero-order valence-electron chi connectivity index (χ0n) is 20.3. The number of nitrogens with zero attached hydrogens (tertiary/aromatic N) is 1. The van der Waals surface area contributed by atoms with E-state index in [1.54, 1.807) is 0 Å². The summed E-state index contributed by atoms with van der Waals surface area (Å²) in [6, 6.07) is 0.